The van der Waals surface area contributed by atoms with Gasteiger partial charge in [0, 0.05) is 58.5 Å². The Bertz CT molecular complexity index is 494. The quantitative estimate of drug-likeness (QED) is 0.837. The van der Waals surface area contributed by atoms with Crippen molar-refractivity contribution in [3.63, 3.8) is 0 Å². The maximum Gasteiger partial charge on any atom is 0.219 e. The molecule has 3 heterocycles. The number of carbonyl (C=O) groups excluding carboxylic acids is 1. The second-order valence-corrected chi connectivity index (χ2v) is 6.06. The smallest absolute Gasteiger partial charge is 0.219 e. The van der Waals surface area contributed by atoms with Crippen molar-refractivity contribution < 1.29 is 9.53 Å². The van der Waals surface area contributed by atoms with Crippen LogP contribution in [0.3, 0.4) is 0 Å². The average molecular weight is 289 g/mol. The molecule has 2 aliphatic rings. The van der Waals surface area contributed by atoms with Crippen molar-refractivity contribution in [1.29, 1.82) is 0 Å². The van der Waals surface area contributed by atoms with Crippen LogP contribution in [-0.4, -0.2) is 59.6 Å². The highest BCUT2D eigenvalue weighted by molar-refractivity contribution is 5.73. The van der Waals surface area contributed by atoms with E-state index in [-0.39, 0.29) is 12.0 Å². The van der Waals surface area contributed by atoms with E-state index in [1.165, 1.54) is 5.56 Å². The first-order chi connectivity index (χ1) is 10.2. The first-order valence-electron chi connectivity index (χ1n) is 7.60. The van der Waals surface area contributed by atoms with Crippen molar-refractivity contribution in [1.82, 2.24) is 14.8 Å². The fraction of sp³-hybridized carbons (Fsp3) is 0.625. The van der Waals surface area contributed by atoms with E-state index in [0.717, 1.165) is 32.6 Å². The molecule has 0 unspecified atom stereocenters. The normalized spacial score (nSPS) is 29.4. The van der Waals surface area contributed by atoms with Gasteiger partial charge in [-0.05, 0) is 24.1 Å². The molecule has 5 nitrogen and oxygen atoms in total. The summed E-state index contributed by atoms with van der Waals surface area (Å²) in [7, 11) is 1.79. The number of piperidine rings is 1. The summed E-state index contributed by atoms with van der Waals surface area (Å²) in [5.74, 6) is 0.611. The van der Waals surface area contributed by atoms with Gasteiger partial charge >= 0.3 is 0 Å². The summed E-state index contributed by atoms with van der Waals surface area (Å²) in [5, 5.41) is 0. The summed E-state index contributed by atoms with van der Waals surface area (Å²) >= 11 is 0. The molecule has 2 fully saturated rings. The zero-order valence-corrected chi connectivity index (χ0v) is 12.7. The van der Waals surface area contributed by atoms with Crippen molar-refractivity contribution in [3.05, 3.63) is 30.1 Å². The number of rotatable bonds is 3. The predicted molar refractivity (Wildman–Crippen MR) is 79.6 cm³/mol. The molecule has 3 rings (SSSR count). The molecule has 2 aliphatic heterocycles. The van der Waals surface area contributed by atoms with Crippen LogP contribution in [0.5, 0.6) is 0 Å². The molecule has 0 aromatic carbocycles. The minimum atomic E-state index is 0.185. The van der Waals surface area contributed by atoms with E-state index in [2.05, 4.69) is 22.0 Å². The van der Waals surface area contributed by atoms with Gasteiger partial charge in [-0.15, -0.1) is 0 Å². The van der Waals surface area contributed by atoms with Crippen LogP contribution in [0.25, 0.3) is 0 Å². The largest absolute Gasteiger partial charge is 0.381 e. The molecule has 0 aliphatic carbocycles. The van der Waals surface area contributed by atoms with Crippen molar-refractivity contribution >= 4 is 5.91 Å². The third kappa shape index (κ3) is 2.94. The van der Waals surface area contributed by atoms with E-state index in [4.69, 9.17) is 4.74 Å². The van der Waals surface area contributed by atoms with E-state index in [0.29, 0.717) is 12.0 Å². The van der Waals surface area contributed by atoms with E-state index < -0.39 is 0 Å². The van der Waals surface area contributed by atoms with Gasteiger partial charge in [0.25, 0.3) is 0 Å². The fourth-order valence-electron chi connectivity index (χ4n) is 3.79. The van der Waals surface area contributed by atoms with Gasteiger partial charge in [0.05, 0.1) is 12.1 Å². The summed E-state index contributed by atoms with van der Waals surface area (Å²) in [6.45, 7) is 5.34. The summed E-state index contributed by atoms with van der Waals surface area (Å²) in [6, 6.07) is 4.40. The lowest BCUT2D eigenvalue weighted by molar-refractivity contribution is -0.136. The highest BCUT2D eigenvalue weighted by Crippen LogP contribution is 2.33. The van der Waals surface area contributed by atoms with Gasteiger partial charge in [0.15, 0.2) is 0 Å². The second-order valence-electron chi connectivity index (χ2n) is 6.06. The van der Waals surface area contributed by atoms with Crippen LogP contribution < -0.4 is 0 Å². The van der Waals surface area contributed by atoms with Crippen LogP contribution in [0.15, 0.2) is 24.5 Å². The highest BCUT2D eigenvalue weighted by atomic mass is 16.5. The Labute approximate surface area is 125 Å². The number of likely N-dealkylation sites (tertiary alicyclic amines) is 2. The van der Waals surface area contributed by atoms with Crippen molar-refractivity contribution in [2.45, 2.75) is 32.0 Å². The lowest BCUT2D eigenvalue weighted by Gasteiger charge is -2.40. The molecule has 1 amide bonds. The zero-order valence-electron chi connectivity index (χ0n) is 12.7. The van der Waals surface area contributed by atoms with Crippen LogP contribution in [0, 0.1) is 5.92 Å². The van der Waals surface area contributed by atoms with Crippen LogP contribution >= 0.6 is 0 Å². The van der Waals surface area contributed by atoms with Crippen molar-refractivity contribution in [2.75, 3.05) is 26.7 Å². The maximum absolute atomic E-state index is 11.9. The third-order valence-corrected chi connectivity index (χ3v) is 4.80. The molecule has 114 valence electrons. The molecular weight excluding hydrogens is 266 g/mol. The van der Waals surface area contributed by atoms with Crippen LogP contribution in [0.2, 0.25) is 0 Å². The number of nitrogens with zero attached hydrogens (tertiary/aromatic N) is 3. The van der Waals surface area contributed by atoms with Crippen LogP contribution in [-0.2, 0) is 16.1 Å². The number of fused-ring (bicyclic) bond motifs is 1. The highest BCUT2D eigenvalue weighted by Gasteiger charge is 2.45. The number of carbonyl (C=O) groups is 1. The average Bonchev–Trinajstić information content (AvgIpc) is 2.90. The number of hydrogen-bond acceptors (Lipinski definition) is 4. The van der Waals surface area contributed by atoms with Gasteiger partial charge in [-0.2, -0.15) is 0 Å². The Hall–Kier alpha value is -1.46. The number of aromatic nitrogens is 1. The Kier molecular flexibility index (Phi) is 4.22. The van der Waals surface area contributed by atoms with Gasteiger partial charge in [-0.1, -0.05) is 0 Å². The molecule has 0 saturated carbocycles. The molecular formula is C16H23N3O2. The van der Waals surface area contributed by atoms with E-state index >= 15 is 0 Å². The lowest BCUT2D eigenvalue weighted by atomic mass is 9.89. The van der Waals surface area contributed by atoms with Crippen LogP contribution in [0.4, 0.5) is 0 Å². The Morgan fingerprint density at radius 3 is 2.81 bits per heavy atom. The van der Waals surface area contributed by atoms with E-state index in [9.17, 15) is 4.79 Å². The molecule has 0 spiro atoms. The molecule has 21 heavy (non-hydrogen) atoms. The summed E-state index contributed by atoms with van der Waals surface area (Å²) < 4.78 is 5.66. The third-order valence-electron chi connectivity index (χ3n) is 4.80. The first kappa shape index (κ1) is 14.5. The van der Waals surface area contributed by atoms with E-state index in [1.807, 2.05) is 17.3 Å². The lowest BCUT2D eigenvalue weighted by Crippen LogP contribution is -2.52. The predicted octanol–water partition coefficient (Wildman–Crippen LogP) is 1.15. The van der Waals surface area contributed by atoms with E-state index in [1.54, 1.807) is 14.0 Å². The van der Waals surface area contributed by atoms with Crippen molar-refractivity contribution in [3.8, 4) is 0 Å². The fourth-order valence-corrected chi connectivity index (χ4v) is 3.79. The molecule has 1 aromatic heterocycles. The summed E-state index contributed by atoms with van der Waals surface area (Å²) in [6.07, 6.45) is 4.88. The molecule has 0 bridgehead atoms. The van der Waals surface area contributed by atoms with Gasteiger partial charge in [0.1, 0.15) is 0 Å². The summed E-state index contributed by atoms with van der Waals surface area (Å²) in [5.41, 5.74) is 1.27. The number of methoxy groups -OCH3 is 1. The minimum Gasteiger partial charge on any atom is -0.381 e. The summed E-state index contributed by atoms with van der Waals surface area (Å²) in [4.78, 5) is 20.4. The standard InChI is InChI=1S/C16H23N3O2/c1-12(20)19-8-5-16(21-2)14-10-18(11-15(14)19)9-13-3-6-17-7-4-13/h3-4,6-7,14-16H,5,8-11H2,1-2H3/t14-,15+,16-/m1/s1. The zero-order chi connectivity index (χ0) is 14.8. The maximum atomic E-state index is 11.9. The van der Waals surface area contributed by atoms with Crippen molar-refractivity contribution in [2.24, 2.45) is 5.92 Å². The van der Waals surface area contributed by atoms with Gasteiger partial charge in [-0.3, -0.25) is 14.7 Å². The Balaban J connectivity index is 1.72. The molecule has 3 atom stereocenters. The minimum absolute atomic E-state index is 0.185. The SMILES string of the molecule is CO[C@@H]1CCN(C(C)=O)[C@H]2CN(Cc3ccncc3)C[C@@H]12. The number of amides is 1. The van der Waals surface area contributed by atoms with Gasteiger partial charge in [-0.25, -0.2) is 0 Å². The number of hydrogen-bond donors (Lipinski definition) is 0. The Morgan fingerprint density at radius 2 is 2.14 bits per heavy atom. The number of pyridine rings is 1. The molecule has 5 heteroatoms. The molecule has 1 aromatic rings. The molecule has 0 N–H and O–H groups in total. The topological polar surface area (TPSA) is 45.7 Å². The monoisotopic (exact) mass is 289 g/mol. The van der Waals surface area contributed by atoms with Gasteiger partial charge in [0.2, 0.25) is 5.91 Å². The molecule has 0 radical (unpaired) electrons. The molecule has 2 saturated heterocycles. The Morgan fingerprint density at radius 1 is 1.38 bits per heavy atom. The van der Waals surface area contributed by atoms with Gasteiger partial charge < -0.3 is 9.64 Å². The van der Waals surface area contributed by atoms with Crippen LogP contribution in [0.1, 0.15) is 18.9 Å². The first-order valence-corrected chi connectivity index (χ1v) is 7.60. The number of ether oxygens (including phenoxy) is 1. The second kappa shape index (κ2) is 6.12.